The van der Waals surface area contributed by atoms with Gasteiger partial charge in [-0.3, -0.25) is 4.79 Å². The number of ketones is 1. The number of hydrogen-bond donors (Lipinski definition) is 0. The first-order chi connectivity index (χ1) is 6.81. The maximum Gasteiger partial charge on any atom is 0.193 e. The van der Waals surface area contributed by atoms with Gasteiger partial charge in [0.05, 0.1) is 6.61 Å². The highest BCUT2D eigenvalue weighted by Crippen LogP contribution is 2.69. The number of ether oxygens (including phenoxy) is 1. The number of rotatable bonds is 0. The van der Waals surface area contributed by atoms with Gasteiger partial charge in [0.2, 0.25) is 0 Å². The van der Waals surface area contributed by atoms with Crippen molar-refractivity contribution in [3.8, 4) is 0 Å². The SMILES string of the molecule is CC(C)(C)C1=C[C@@H]2C[C@]2(C)[C@@]2(CO2)C1=O. The Bertz CT molecular complexity index is 382. The largest absolute Gasteiger partial charge is 0.360 e. The molecule has 0 unspecified atom stereocenters. The molecule has 0 aromatic rings. The Kier molecular flexibility index (Phi) is 1.42. The molecule has 0 aromatic heterocycles. The molecule has 0 aromatic carbocycles. The lowest BCUT2D eigenvalue weighted by Gasteiger charge is -2.31. The van der Waals surface area contributed by atoms with Gasteiger partial charge in [-0.2, -0.15) is 0 Å². The van der Waals surface area contributed by atoms with Crippen molar-refractivity contribution in [2.45, 2.75) is 39.7 Å². The van der Waals surface area contributed by atoms with Crippen LogP contribution in [0.15, 0.2) is 11.6 Å². The monoisotopic (exact) mass is 206 g/mol. The summed E-state index contributed by atoms with van der Waals surface area (Å²) in [6, 6.07) is 0. The highest BCUT2D eigenvalue weighted by atomic mass is 16.6. The summed E-state index contributed by atoms with van der Waals surface area (Å²) in [6.07, 6.45) is 3.33. The molecule has 82 valence electrons. The standard InChI is InChI=1S/C13H18O2/c1-11(2,3)9-5-8-6-12(8,4)13(7-15-13)10(9)14/h5,8H,6-7H2,1-4H3/t8-,12+,13-/m1/s1. The van der Waals surface area contributed by atoms with Gasteiger partial charge in [0.1, 0.15) is 0 Å². The van der Waals surface area contributed by atoms with Crippen LogP contribution in [0.3, 0.4) is 0 Å². The summed E-state index contributed by atoms with van der Waals surface area (Å²) in [5.41, 5.74) is 0.647. The van der Waals surface area contributed by atoms with Crippen LogP contribution in [-0.2, 0) is 9.53 Å². The number of Topliss-reactive ketones (excluding diaryl/α,β-unsaturated/α-hetero) is 1. The Labute approximate surface area is 90.7 Å². The van der Waals surface area contributed by atoms with E-state index in [1.54, 1.807) is 0 Å². The molecule has 2 heteroatoms. The second-order valence-corrected chi connectivity index (χ2v) is 6.50. The zero-order chi connectivity index (χ0) is 11.1. The van der Waals surface area contributed by atoms with E-state index in [2.05, 4.69) is 33.8 Å². The van der Waals surface area contributed by atoms with Crippen molar-refractivity contribution in [3.63, 3.8) is 0 Å². The molecular formula is C13H18O2. The van der Waals surface area contributed by atoms with Crippen LogP contribution < -0.4 is 0 Å². The zero-order valence-electron chi connectivity index (χ0n) is 9.89. The van der Waals surface area contributed by atoms with Crippen LogP contribution in [0.2, 0.25) is 0 Å². The maximum atomic E-state index is 12.4. The molecule has 0 N–H and O–H groups in total. The predicted molar refractivity (Wildman–Crippen MR) is 57.4 cm³/mol. The highest BCUT2D eigenvalue weighted by molar-refractivity contribution is 6.07. The van der Waals surface area contributed by atoms with Crippen LogP contribution in [-0.4, -0.2) is 18.0 Å². The van der Waals surface area contributed by atoms with E-state index in [0.717, 1.165) is 12.0 Å². The fourth-order valence-corrected chi connectivity index (χ4v) is 2.98. The summed E-state index contributed by atoms with van der Waals surface area (Å²) in [7, 11) is 0. The number of hydrogen-bond acceptors (Lipinski definition) is 2. The summed E-state index contributed by atoms with van der Waals surface area (Å²) in [5, 5.41) is 0. The molecule has 3 atom stereocenters. The third kappa shape index (κ3) is 0.963. The summed E-state index contributed by atoms with van der Waals surface area (Å²) in [5.74, 6) is 0.832. The first kappa shape index (κ1) is 9.59. The molecular weight excluding hydrogens is 188 g/mol. The van der Waals surface area contributed by atoms with Gasteiger partial charge >= 0.3 is 0 Å². The minimum absolute atomic E-state index is 0.0417. The van der Waals surface area contributed by atoms with E-state index in [1.807, 2.05) is 0 Å². The van der Waals surface area contributed by atoms with Gasteiger partial charge in [-0.25, -0.2) is 0 Å². The lowest BCUT2D eigenvalue weighted by molar-refractivity contribution is -0.124. The van der Waals surface area contributed by atoms with Crippen LogP contribution in [0, 0.1) is 16.7 Å². The Morgan fingerprint density at radius 2 is 2.07 bits per heavy atom. The van der Waals surface area contributed by atoms with E-state index in [-0.39, 0.29) is 16.6 Å². The van der Waals surface area contributed by atoms with Crippen molar-refractivity contribution >= 4 is 5.78 Å². The average molecular weight is 206 g/mol. The molecule has 1 heterocycles. The van der Waals surface area contributed by atoms with Crippen molar-refractivity contribution in [3.05, 3.63) is 11.6 Å². The van der Waals surface area contributed by atoms with Gasteiger partial charge in [-0.05, 0) is 17.8 Å². The minimum Gasteiger partial charge on any atom is -0.360 e. The third-order valence-electron chi connectivity index (χ3n) is 4.45. The van der Waals surface area contributed by atoms with Crippen LogP contribution in [0.1, 0.15) is 34.1 Å². The molecule has 1 saturated heterocycles. The lowest BCUT2D eigenvalue weighted by Crippen LogP contribution is -2.41. The molecule has 2 aliphatic carbocycles. The van der Waals surface area contributed by atoms with E-state index in [9.17, 15) is 4.79 Å². The zero-order valence-corrected chi connectivity index (χ0v) is 9.89. The van der Waals surface area contributed by atoms with Gasteiger partial charge < -0.3 is 4.74 Å². The van der Waals surface area contributed by atoms with E-state index in [0.29, 0.717) is 12.5 Å². The molecule has 0 amide bonds. The summed E-state index contributed by atoms with van der Waals surface area (Å²) in [4.78, 5) is 12.4. The molecule has 15 heavy (non-hydrogen) atoms. The van der Waals surface area contributed by atoms with Crippen molar-refractivity contribution < 1.29 is 9.53 Å². The van der Waals surface area contributed by atoms with Crippen molar-refractivity contribution in [2.75, 3.05) is 6.61 Å². The van der Waals surface area contributed by atoms with Crippen LogP contribution in [0.5, 0.6) is 0 Å². The van der Waals surface area contributed by atoms with Crippen LogP contribution in [0.25, 0.3) is 0 Å². The van der Waals surface area contributed by atoms with Gasteiger partial charge in [0, 0.05) is 11.0 Å². The molecule has 3 aliphatic rings. The van der Waals surface area contributed by atoms with E-state index in [4.69, 9.17) is 4.74 Å². The number of carbonyl (C=O) groups excluding carboxylic acids is 1. The van der Waals surface area contributed by atoms with E-state index in [1.165, 1.54) is 0 Å². The second kappa shape index (κ2) is 2.22. The Morgan fingerprint density at radius 3 is 2.53 bits per heavy atom. The van der Waals surface area contributed by atoms with Crippen molar-refractivity contribution in [1.29, 1.82) is 0 Å². The number of fused-ring (bicyclic) bond motifs is 2. The molecule has 2 fully saturated rings. The molecule has 3 rings (SSSR count). The Hall–Kier alpha value is -0.630. The summed E-state index contributed by atoms with van der Waals surface area (Å²) >= 11 is 0. The van der Waals surface area contributed by atoms with Gasteiger partial charge in [0.25, 0.3) is 0 Å². The first-order valence-electron chi connectivity index (χ1n) is 5.72. The lowest BCUT2D eigenvalue weighted by atomic mass is 9.71. The Balaban J connectivity index is 2.07. The van der Waals surface area contributed by atoms with Crippen LogP contribution in [0.4, 0.5) is 0 Å². The number of allylic oxidation sites excluding steroid dienone is 1. The fraction of sp³-hybridized carbons (Fsp3) is 0.769. The van der Waals surface area contributed by atoms with Gasteiger partial charge in [-0.1, -0.05) is 33.8 Å². The van der Waals surface area contributed by atoms with Crippen molar-refractivity contribution in [1.82, 2.24) is 0 Å². The quantitative estimate of drug-likeness (QED) is 0.569. The second-order valence-electron chi connectivity index (χ2n) is 6.50. The van der Waals surface area contributed by atoms with Gasteiger partial charge in [-0.15, -0.1) is 0 Å². The third-order valence-corrected chi connectivity index (χ3v) is 4.45. The fourth-order valence-electron chi connectivity index (χ4n) is 2.98. The average Bonchev–Trinajstić information content (AvgIpc) is 2.92. The van der Waals surface area contributed by atoms with Crippen LogP contribution >= 0.6 is 0 Å². The normalized spacial score (nSPS) is 47.6. The van der Waals surface area contributed by atoms with E-state index < -0.39 is 5.60 Å². The molecule has 0 bridgehead atoms. The summed E-state index contributed by atoms with van der Waals surface area (Å²) in [6.45, 7) is 9.16. The van der Waals surface area contributed by atoms with Crippen molar-refractivity contribution in [2.24, 2.45) is 16.7 Å². The first-order valence-corrected chi connectivity index (χ1v) is 5.72. The molecule has 1 saturated carbocycles. The summed E-state index contributed by atoms with van der Waals surface area (Å²) < 4.78 is 5.54. The number of carbonyl (C=O) groups is 1. The topological polar surface area (TPSA) is 29.6 Å². The predicted octanol–water partition coefficient (Wildman–Crippen LogP) is 2.34. The minimum atomic E-state index is -0.422. The smallest absolute Gasteiger partial charge is 0.193 e. The molecule has 0 radical (unpaired) electrons. The number of epoxide rings is 1. The molecule has 1 spiro atoms. The maximum absolute atomic E-state index is 12.4. The Morgan fingerprint density at radius 1 is 1.47 bits per heavy atom. The highest BCUT2D eigenvalue weighted by Gasteiger charge is 2.76. The van der Waals surface area contributed by atoms with E-state index >= 15 is 0 Å². The van der Waals surface area contributed by atoms with Gasteiger partial charge in [0.15, 0.2) is 11.4 Å². The molecule has 2 nitrogen and oxygen atoms in total. The molecule has 1 aliphatic heterocycles.